The zero-order valence-corrected chi connectivity index (χ0v) is 15.6. The van der Waals surface area contributed by atoms with Crippen molar-refractivity contribution in [2.45, 2.75) is 13.0 Å². The Bertz CT molecular complexity index is 741. The monoisotopic (exact) mass is 411 g/mol. The van der Waals surface area contributed by atoms with E-state index < -0.39 is 0 Å². The van der Waals surface area contributed by atoms with Crippen LogP contribution < -0.4 is 5.32 Å². The average Bonchev–Trinajstić information content (AvgIpc) is 2.90. The van der Waals surface area contributed by atoms with Crippen LogP contribution in [0.4, 0.5) is 5.69 Å². The molecule has 0 bridgehead atoms. The number of anilines is 1. The van der Waals surface area contributed by atoms with Crippen molar-refractivity contribution in [3.8, 4) is 6.07 Å². The zero-order valence-electron chi connectivity index (χ0n) is 12.5. The van der Waals surface area contributed by atoms with Crippen LogP contribution in [0.3, 0.4) is 0 Å². The lowest BCUT2D eigenvalue weighted by atomic mass is 10.2. The van der Waals surface area contributed by atoms with Crippen molar-refractivity contribution < 1.29 is 4.79 Å². The summed E-state index contributed by atoms with van der Waals surface area (Å²) in [4.78, 5) is 15.3. The third-order valence-electron chi connectivity index (χ3n) is 3.14. The summed E-state index contributed by atoms with van der Waals surface area (Å²) in [6.07, 6.45) is 0.390. The van der Waals surface area contributed by atoms with E-state index in [0.717, 1.165) is 11.0 Å². The second-order valence-electron chi connectivity index (χ2n) is 5.07. The molecule has 1 aromatic carbocycles. The van der Waals surface area contributed by atoms with Gasteiger partial charge < -0.3 is 10.2 Å². The number of hydrogen-bond donors (Lipinski definition) is 1. The lowest BCUT2D eigenvalue weighted by molar-refractivity contribution is -0.116. The largest absolute Gasteiger partial charge is 0.326 e. The Morgan fingerprint density at radius 1 is 1.48 bits per heavy atom. The Morgan fingerprint density at radius 2 is 2.26 bits per heavy atom. The van der Waals surface area contributed by atoms with Gasteiger partial charge >= 0.3 is 0 Å². The van der Waals surface area contributed by atoms with E-state index in [0.29, 0.717) is 29.2 Å². The fourth-order valence-electron chi connectivity index (χ4n) is 1.98. The molecule has 0 spiro atoms. The summed E-state index contributed by atoms with van der Waals surface area (Å²) in [5, 5.41) is 14.0. The number of benzene rings is 1. The van der Waals surface area contributed by atoms with E-state index in [1.54, 1.807) is 29.5 Å². The smallest absolute Gasteiger partial charge is 0.225 e. The number of hydrogen-bond acceptors (Lipinski definition) is 4. The van der Waals surface area contributed by atoms with E-state index in [-0.39, 0.29) is 5.91 Å². The summed E-state index contributed by atoms with van der Waals surface area (Å²) in [6.45, 7) is 1.47. The summed E-state index contributed by atoms with van der Waals surface area (Å²) in [5.74, 6) is -0.0787. The van der Waals surface area contributed by atoms with Crippen LogP contribution in [0.15, 0.2) is 34.1 Å². The van der Waals surface area contributed by atoms with Crippen LogP contribution in [0, 0.1) is 11.3 Å². The van der Waals surface area contributed by atoms with E-state index in [9.17, 15) is 4.79 Å². The summed E-state index contributed by atoms with van der Waals surface area (Å²) in [5.41, 5.74) is 0.996. The van der Waals surface area contributed by atoms with Crippen molar-refractivity contribution in [1.82, 2.24) is 4.90 Å². The van der Waals surface area contributed by atoms with Gasteiger partial charge in [0, 0.05) is 39.9 Å². The lowest BCUT2D eigenvalue weighted by Crippen LogP contribution is -2.23. The van der Waals surface area contributed by atoms with Crippen LogP contribution in [0.5, 0.6) is 0 Å². The van der Waals surface area contributed by atoms with Gasteiger partial charge in [-0.15, -0.1) is 11.3 Å². The molecule has 1 N–H and O–H groups in total. The second-order valence-corrected chi connectivity index (χ2v) is 7.39. The molecule has 23 heavy (non-hydrogen) atoms. The molecule has 0 saturated carbocycles. The number of halogens is 2. The first-order chi connectivity index (χ1) is 11.0. The first kappa shape index (κ1) is 18.0. The van der Waals surface area contributed by atoms with Crippen LogP contribution in [-0.2, 0) is 11.3 Å². The topological polar surface area (TPSA) is 56.1 Å². The Labute approximate surface area is 152 Å². The van der Waals surface area contributed by atoms with E-state index in [2.05, 4.69) is 32.2 Å². The highest BCUT2D eigenvalue weighted by Crippen LogP contribution is 2.21. The maximum Gasteiger partial charge on any atom is 0.225 e. The second kappa shape index (κ2) is 8.46. The van der Waals surface area contributed by atoms with Crippen molar-refractivity contribution in [2.24, 2.45) is 0 Å². The van der Waals surface area contributed by atoms with E-state index in [4.69, 9.17) is 16.9 Å². The van der Waals surface area contributed by atoms with Gasteiger partial charge in [0.05, 0.1) is 10.6 Å². The van der Waals surface area contributed by atoms with Crippen molar-refractivity contribution >= 4 is 50.5 Å². The molecule has 1 heterocycles. The van der Waals surface area contributed by atoms with Crippen molar-refractivity contribution in [2.75, 3.05) is 18.9 Å². The predicted octanol–water partition coefficient (Wildman–Crippen LogP) is 4.50. The van der Waals surface area contributed by atoms with Gasteiger partial charge in [0.1, 0.15) is 6.07 Å². The first-order valence-corrected chi connectivity index (χ1v) is 8.94. The Morgan fingerprint density at radius 3 is 2.87 bits per heavy atom. The number of nitrogens with one attached hydrogen (secondary N) is 1. The standard InChI is InChI=1S/C16H15BrClN3OS/c1-21(9-14-6-12(17)10-23-14)5-4-16(22)20-13-3-2-11(8-19)15(18)7-13/h2-3,6-7,10H,4-5,9H2,1H3,(H,20,22). The van der Waals surface area contributed by atoms with Crippen molar-refractivity contribution in [3.05, 3.63) is 49.6 Å². The van der Waals surface area contributed by atoms with Gasteiger partial charge in [-0.05, 0) is 47.2 Å². The molecule has 0 atom stereocenters. The molecular weight excluding hydrogens is 398 g/mol. The summed E-state index contributed by atoms with van der Waals surface area (Å²) >= 11 is 11.1. The van der Waals surface area contributed by atoms with Crippen molar-refractivity contribution in [1.29, 1.82) is 5.26 Å². The number of thiophene rings is 1. The number of nitrogens with zero attached hydrogens (tertiary/aromatic N) is 2. The molecule has 0 aliphatic carbocycles. The van der Waals surface area contributed by atoms with Gasteiger partial charge in [-0.1, -0.05) is 11.6 Å². The molecule has 120 valence electrons. The highest BCUT2D eigenvalue weighted by Gasteiger charge is 2.08. The minimum absolute atomic E-state index is 0.0787. The first-order valence-electron chi connectivity index (χ1n) is 6.89. The average molecular weight is 413 g/mol. The highest BCUT2D eigenvalue weighted by atomic mass is 79.9. The van der Waals surface area contributed by atoms with Gasteiger partial charge in [0.2, 0.25) is 5.91 Å². The molecule has 0 radical (unpaired) electrons. The van der Waals surface area contributed by atoms with Crippen LogP contribution in [0.25, 0.3) is 0 Å². The highest BCUT2D eigenvalue weighted by molar-refractivity contribution is 9.10. The van der Waals surface area contributed by atoms with Crippen LogP contribution in [0.1, 0.15) is 16.9 Å². The number of carbonyl (C=O) groups is 1. The number of nitriles is 1. The third kappa shape index (κ3) is 5.63. The molecule has 1 aromatic heterocycles. The lowest BCUT2D eigenvalue weighted by Gasteiger charge is -2.15. The predicted molar refractivity (Wildman–Crippen MR) is 97.8 cm³/mol. The van der Waals surface area contributed by atoms with Crippen LogP contribution in [-0.4, -0.2) is 24.4 Å². The van der Waals surface area contributed by atoms with Crippen LogP contribution in [0.2, 0.25) is 5.02 Å². The quantitative estimate of drug-likeness (QED) is 0.760. The molecule has 0 fully saturated rings. The molecule has 2 rings (SSSR count). The third-order valence-corrected chi connectivity index (χ3v) is 5.14. The minimum Gasteiger partial charge on any atom is -0.326 e. The molecule has 2 aromatic rings. The zero-order chi connectivity index (χ0) is 16.8. The Balaban J connectivity index is 1.80. The summed E-state index contributed by atoms with van der Waals surface area (Å²) < 4.78 is 1.08. The van der Waals surface area contributed by atoms with Gasteiger partial charge in [-0.2, -0.15) is 5.26 Å². The van der Waals surface area contributed by atoms with Crippen molar-refractivity contribution in [3.63, 3.8) is 0 Å². The Kier molecular flexibility index (Phi) is 6.60. The molecule has 1 amide bonds. The molecular formula is C16H15BrClN3OS. The van der Waals surface area contributed by atoms with Gasteiger partial charge in [0.25, 0.3) is 0 Å². The molecule has 0 aliphatic heterocycles. The molecule has 0 aliphatic rings. The van der Waals surface area contributed by atoms with Gasteiger partial charge in [0.15, 0.2) is 0 Å². The maximum atomic E-state index is 12.0. The number of rotatable bonds is 6. The normalized spacial score (nSPS) is 10.6. The fraction of sp³-hybridized carbons (Fsp3) is 0.250. The van der Waals surface area contributed by atoms with E-state index >= 15 is 0 Å². The minimum atomic E-state index is -0.0787. The summed E-state index contributed by atoms with van der Waals surface area (Å²) in [6, 6.07) is 8.93. The number of amides is 1. The van der Waals surface area contributed by atoms with Gasteiger partial charge in [-0.3, -0.25) is 4.79 Å². The molecule has 0 unspecified atom stereocenters. The number of carbonyl (C=O) groups excluding carboxylic acids is 1. The molecule has 7 heteroatoms. The Hall–Kier alpha value is -1.39. The van der Waals surface area contributed by atoms with Crippen LogP contribution >= 0.6 is 38.9 Å². The van der Waals surface area contributed by atoms with E-state index in [1.807, 2.05) is 18.5 Å². The van der Waals surface area contributed by atoms with E-state index in [1.165, 1.54) is 4.88 Å². The molecule has 4 nitrogen and oxygen atoms in total. The fourth-order valence-corrected chi connectivity index (χ4v) is 3.73. The molecule has 0 saturated heterocycles. The maximum absolute atomic E-state index is 12.0. The SMILES string of the molecule is CN(CCC(=O)Nc1ccc(C#N)c(Cl)c1)Cc1cc(Br)cs1. The summed E-state index contributed by atoms with van der Waals surface area (Å²) in [7, 11) is 1.99. The van der Waals surface area contributed by atoms with Gasteiger partial charge in [-0.25, -0.2) is 0 Å².